The van der Waals surface area contributed by atoms with E-state index in [0.29, 0.717) is 5.92 Å². The number of carbonyl (C=O) groups excluding carboxylic acids is 1. The Balaban J connectivity index is 2.42. The molecule has 0 aliphatic carbocycles. The molecular formula is C21H39N5O2S. The topological polar surface area (TPSA) is 78.9 Å². The van der Waals surface area contributed by atoms with E-state index in [4.69, 9.17) is 4.74 Å². The van der Waals surface area contributed by atoms with Crippen molar-refractivity contribution in [3.63, 3.8) is 0 Å². The van der Waals surface area contributed by atoms with Crippen molar-refractivity contribution in [2.75, 3.05) is 27.2 Å². The van der Waals surface area contributed by atoms with E-state index in [2.05, 4.69) is 44.7 Å². The Morgan fingerprint density at radius 2 is 2.07 bits per heavy atom. The van der Waals surface area contributed by atoms with Gasteiger partial charge in [0.15, 0.2) is 5.96 Å². The fourth-order valence-corrected chi connectivity index (χ4v) is 3.63. The van der Waals surface area contributed by atoms with Crippen LogP contribution in [0.2, 0.25) is 0 Å². The van der Waals surface area contributed by atoms with Gasteiger partial charge >= 0.3 is 6.09 Å². The van der Waals surface area contributed by atoms with Crippen LogP contribution in [-0.4, -0.2) is 60.8 Å². The maximum absolute atomic E-state index is 12.1. The molecule has 1 atom stereocenters. The van der Waals surface area contributed by atoms with E-state index in [1.165, 1.54) is 5.01 Å². The van der Waals surface area contributed by atoms with Crippen molar-refractivity contribution in [3.05, 3.63) is 16.1 Å². The SMILES string of the molecule is CN=C(NCCCc1nc(C)cs1)N(C)CCC(NC(=O)OC(C)(C)C)C(C)C. The van der Waals surface area contributed by atoms with Gasteiger partial charge in [-0.05, 0) is 46.5 Å². The maximum atomic E-state index is 12.1. The van der Waals surface area contributed by atoms with E-state index < -0.39 is 5.60 Å². The summed E-state index contributed by atoms with van der Waals surface area (Å²) in [5.74, 6) is 1.17. The lowest BCUT2D eigenvalue weighted by atomic mass is 10.0. The van der Waals surface area contributed by atoms with Crippen LogP contribution in [-0.2, 0) is 11.2 Å². The molecule has 1 aromatic heterocycles. The first-order chi connectivity index (χ1) is 13.5. The molecule has 166 valence electrons. The Morgan fingerprint density at radius 1 is 1.38 bits per heavy atom. The van der Waals surface area contributed by atoms with Crippen LogP contribution < -0.4 is 10.6 Å². The Hall–Kier alpha value is -1.83. The maximum Gasteiger partial charge on any atom is 0.407 e. The number of hydrogen-bond acceptors (Lipinski definition) is 5. The van der Waals surface area contributed by atoms with E-state index >= 15 is 0 Å². The van der Waals surface area contributed by atoms with Gasteiger partial charge in [-0.25, -0.2) is 9.78 Å². The largest absolute Gasteiger partial charge is 0.444 e. The highest BCUT2D eigenvalue weighted by Crippen LogP contribution is 2.12. The molecule has 1 amide bonds. The van der Waals surface area contributed by atoms with Crippen molar-refractivity contribution in [1.82, 2.24) is 20.5 Å². The normalized spacial score (nSPS) is 13.3. The molecule has 0 spiro atoms. The first-order valence-corrected chi connectivity index (χ1v) is 11.2. The van der Waals surface area contributed by atoms with Crippen molar-refractivity contribution >= 4 is 23.4 Å². The molecule has 0 saturated heterocycles. The van der Waals surface area contributed by atoms with Crippen molar-refractivity contribution in [2.45, 2.75) is 72.4 Å². The van der Waals surface area contributed by atoms with E-state index in [1.54, 1.807) is 18.4 Å². The van der Waals surface area contributed by atoms with Crippen LogP contribution in [0, 0.1) is 12.8 Å². The zero-order chi connectivity index (χ0) is 22.0. The molecule has 1 rings (SSSR count). The summed E-state index contributed by atoms with van der Waals surface area (Å²) in [6, 6.07) is 0.0403. The lowest BCUT2D eigenvalue weighted by Gasteiger charge is -2.28. The minimum absolute atomic E-state index is 0.0403. The van der Waals surface area contributed by atoms with Crippen LogP contribution in [0.1, 0.15) is 58.2 Å². The van der Waals surface area contributed by atoms with Crippen LogP contribution in [0.3, 0.4) is 0 Å². The predicted octanol–water partition coefficient (Wildman–Crippen LogP) is 3.83. The summed E-state index contributed by atoms with van der Waals surface area (Å²) in [5, 5.41) is 9.69. The van der Waals surface area contributed by atoms with Gasteiger partial charge in [-0.3, -0.25) is 4.99 Å². The number of rotatable bonds is 9. The van der Waals surface area contributed by atoms with Crippen LogP contribution in [0.5, 0.6) is 0 Å². The van der Waals surface area contributed by atoms with E-state index in [-0.39, 0.29) is 12.1 Å². The second-order valence-electron chi connectivity index (χ2n) is 8.67. The van der Waals surface area contributed by atoms with Crippen molar-refractivity contribution in [1.29, 1.82) is 0 Å². The van der Waals surface area contributed by atoms with Gasteiger partial charge in [0.1, 0.15) is 5.60 Å². The fraction of sp³-hybridized carbons (Fsp3) is 0.762. The van der Waals surface area contributed by atoms with Crippen LogP contribution >= 0.6 is 11.3 Å². The van der Waals surface area contributed by atoms with Crippen LogP contribution in [0.4, 0.5) is 4.79 Å². The summed E-state index contributed by atoms with van der Waals surface area (Å²) in [5.41, 5.74) is 0.597. The van der Waals surface area contributed by atoms with Gasteiger partial charge in [-0.15, -0.1) is 11.3 Å². The van der Waals surface area contributed by atoms with Gasteiger partial charge in [-0.1, -0.05) is 13.8 Å². The minimum atomic E-state index is -0.494. The average molecular weight is 426 g/mol. The van der Waals surface area contributed by atoms with Crippen molar-refractivity contribution in [2.24, 2.45) is 10.9 Å². The van der Waals surface area contributed by atoms with Gasteiger partial charge in [-0.2, -0.15) is 0 Å². The number of aryl methyl sites for hydroxylation is 2. The Morgan fingerprint density at radius 3 is 2.59 bits per heavy atom. The number of ether oxygens (including phenoxy) is 1. The molecule has 8 heteroatoms. The number of carbonyl (C=O) groups is 1. The lowest BCUT2D eigenvalue weighted by molar-refractivity contribution is 0.0486. The standard InChI is InChI=1S/C21H39N5O2S/c1-15(2)17(25-20(27)28-21(4,5)6)11-13-26(8)19(22-7)23-12-9-10-18-24-16(3)14-29-18/h14-15,17H,9-13H2,1-8H3,(H,22,23)(H,25,27). The van der Waals surface area contributed by atoms with E-state index in [0.717, 1.165) is 44.0 Å². The predicted molar refractivity (Wildman–Crippen MR) is 122 cm³/mol. The molecule has 0 saturated carbocycles. The number of amides is 1. The fourth-order valence-electron chi connectivity index (χ4n) is 2.81. The molecule has 0 radical (unpaired) electrons. The average Bonchev–Trinajstić information content (AvgIpc) is 3.01. The van der Waals surface area contributed by atoms with Gasteiger partial charge in [0.2, 0.25) is 0 Å². The van der Waals surface area contributed by atoms with E-state index in [1.807, 2.05) is 34.7 Å². The number of aromatic nitrogens is 1. The smallest absolute Gasteiger partial charge is 0.407 e. The molecule has 2 N–H and O–H groups in total. The number of aliphatic imine (C=N–C) groups is 1. The number of thiazole rings is 1. The highest BCUT2D eigenvalue weighted by molar-refractivity contribution is 7.09. The molecule has 1 unspecified atom stereocenters. The molecule has 0 bridgehead atoms. The van der Waals surface area contributed by atoms with E-state index in [9.17, 15) is 4.79 Å². The first-order valence-electron chi connectivity index (χ1n) is 10.3. The second kappa shape index (κ2) is 12.0. The zero-order valence-electron chi connectivity index (χ0n) is 19.3. The molecule has 0 aromatic carbocycles. The summed E-state index contributed by atoms with van der Waals surface area (Å²) < 4.78 is 5.39. The number of nitrogens with zero attached hydrogens (tertiary/aromatic N) is 3. The summed E-state index contributed by atoms with van der Waals surface area (Å²) in [6.07, 6.45) is 2.43. The molecule has 1 aromatic rings. The highest BCUT2D eigenvalue weighted by atomic mass is 32.1. The summed E-state index contributed by atoms with van der Waals surface area (Å²) in [6.45, 7) is 13.5. The number of nitrogens with one attached hydrogen (secondary N) is 2. The number of alkyl carbamates (subject to hydrolysis) is 1. The lowest BCUT2D eigenvalue weighted by Crippen LogP contribution is -2.45. The summed E-state index contributed by atoms with van der Waals surface area (Å²) in [4.78, 5) is 23.1. The number of hydrogen-bond donors (Lipinski definition) is 2. The van der Waals surface area contributed by atoms with Crippen LogP contribution in [0.15, 0.2) is 10.4 Å². The molecular weight excluding hydrogens is 386 g/mol. The molecule has 0 aliphatic rings. The summed E-state index contributed by atoms with van der Waals surface area (Å²) in [7, 11) is 3.81. The molecule has 0 aliphatic heterocycles. The quantitative estimate of drug-likeness (QED) is 0.357. The van der Waals surface area contributed by atoms with Gasteiger partial charge < -0.3 is 20.3 Å². The third-order valence-corrected chi connectivity index (χ3v) is 5.40. The Bertz CT molecular complexity index is 652. The Labute approximate surface area is 180 Å². The monoisotopic (exact) mass is 425 g/mol. The molecule has 1 heterocycles. The van der Waals surface area contributed by atoms with Gasteiger partial charge in [0.05, 0.1) is 5.01 Å². The van der Waals surface area contributed by atoms with Crippen molar-refractivity contribution < 1.29 is 9.53 Å². The van der Waals surface area contributed by atoms with Crippen LogP contribution in [0.25, 0.3) is 0 Å². The highest BCUT2D eigenvalue weighted by Gasteiger charge is 2.22. The molecule has 29 heavy (non-hydrogen) atoms. The molecule has 0 fully saturated rings. The minimum Gasteiger partial charge on any atom is -0.444 e. The van der Waals surface area contributed by atoms with Gasteiger partial charge in [0.25, 0.3) is 0 Å². The molecule has 7 nitrogen and oxygen atoms in total. The van der Waals surface area contributed by atoms with Crippen molar-refractivity contribution in [3.8, 4) is 0 Å². The zero-order valence-corrected chi connectivity index (χ0v) is 20.2. The second-order valence-corrected chi connectivity index (χ2v) is 9.61. The van der Waals surface area contributed by atoms with Gasteiger partial charge in [0, 0.05) is 50.7 Å². The Kier molecular flexibility index (Phi) is 10.4. The summed E-state index contributed by atoms with van der Waals surface area (Å²) >= 11 is 1.72. The number of guanidine groups is 1. The third kappa shape index (κ3) is 10.5. The first kappa shape index (κ1) is 25.2. The third-order valence-electron chi connectivity index (χ3n) is 4.37.